The molecule has 3 amide bonds. The summed E-state index contributed by atoms with van der Waals surface area (Å²) in [4.78, 5) is 52.6. The van der Waals surface area contributed by atoms with Crippen LogP contribution >= 0.6 is 15.9 Å². The lowest BCUT2D eigenvalue weighted by atomic mass is 9.76. The SMILES string of the molecule is O=C([O-])CC[C@H]1[NH2+][C@@]2(C(=O)Nc3ccccc32)[C@@H]2C(=O)N(c3ccc(Br)cc3)C(=O)[C@@H]21. The Hall–Kier alpha value is -3.04. The van der Waals surface area contributed by atoms with Gasteiger partial charge in [-0.3, -0.25) is 14.4 Å². The number of halogens is 1. The zero-order valence-corrected chi connectivity index (χ0v) is 17.8. The number of quaternary nitrogens is 1. The number of imide groups is 1. The van der Waals surface area contributed by atoms with Crippen molar-refractivity contribution in [1.29, 1.82) is 0 Å². The Morgan fingerprint density at radius 1 is 1.10 bits per heavy atom. The first kappa shape index (κ1) is 19.9. The Morgan fingerprint density at radius 2 is 1.81 bits per heavy atom. The van der Waals surface area contributed by atoms with E-state index in [9.17, 15) is 24.3 Å². The smallest absolute Gasteiger partial charge is 0.291 e. The number of nitrogens with zero attached hydrogens (tertiary/aromatic N) is 1. The lowest BCUT2D eigenvalue weighted by Gasteiger charge is -2.26. The number of carboxylic acids is 1. The summed E-state index contributed by atoms with van der Waals surface area (Å²) < 4.78 is 0.802. The van der Waals surface area contributed by atoms with E-state index in [4.69, 9.17) is 0 Å². The van der Waals surface area contributed by atoms with Gasteiger partial charge in [0.2, 0.25) is 17.4 Å². The highest BCUT2D eigenvalue weighted by Gasteiger charge is 2.74. The third-order valence-electron chi connectivity index (χ3n) is 6.54. The van der Waals surface area contributed by atoms with Crippen LogP contribution in [0.5, 0.6) is 0 Å². The molecule has 0 saturated carbocycles. The van der Waals surface area contributed by atoms with Gasteiger partial charge in [-0.05, 0) is 36.8 Å². The fraction of sp³-hybridized carbons (Fsp3) is 0.273. The van der Waals surface area contributed by atoms with E-state index in [0.717, 1.165) is 9.37 Å². The number of amides is 3. The number of hydrogen-bond donors (Lipinski definition) is 2. The van der Waals surface area contributed by atoms with Crippen molar-refractivity contribution in [3.63, 3.8) is 0 Å². The van der Waals surface area contributed by atoms with Crippen LogP contribution in [0.1, 0.15) is 18.4 Å². The molecule has 5 rings (SSSR count). The van der Waals surface area contributed by atoms with Crippen molar-refractivity contribution in [2.75, 3.05) is 10.2 Å². The number of carbonyl (C=O) groups is 4. The van der Waals surface area contributed by atoms with Gasteiger partial charge in [0.25, 0.3) is 5.91 Å². The molecule has 3 aliphatic rings. The molecule has 0 unspecified atom stereocenters. The molecule has 3 aliphatic heterocycles. The molecule has 9 heteroatoms. The van der Waals surface area contributed by atoms with Gasteiger partial charge in [-0.1, -0.05) is 34.1 Å². The highest BCUT2D eigenvalue weighted by atomic mass is 79.9. The van der Waals surface area contributed by atoms with Gasteiger partial charge in [-0.2, -0.15) is 0 Å². The van der Waals surface area contributed by atoms with E-state index in [1.165, 1.54) is 0 Å². The minimum absolute atomic E-state index is 0.119. The van der Waals surface area contributed by atoms with Crippen molar-refractivity contribution in [2.45, 2.75) is 24.4 Å². The summed E-state index contributed by atoms with van der Waals surface area (Å²) in [5, 5.41) is 15.7. The van der Waals surface area contributed by atoms with Crippen molar-refractivity contribution in [3.8, 4) is 0 Å². The maximum Gasteiger partial charge on any atom is 0.291 e. The van der Waals surface area contributed by atoms with Crippen LogP contribution in [0.15, 0.2) is 53.0 Å². The Bertz CT molecular complexity index is 1130. The van der Waals surface area contributed by atoms with Gasteiger partial charge in [0.1, 0.15) is 17.9 Å². The fourth-order valence-corrected chi connectivity index (χ4v) is 5.58. The minimum Gasteiger partial charge on any atom is -0.550 e. The van der Waals surface area contributed by atoms with Gasteiger partial charge in [-0.15, -0.1) is 0 Å². The van der Waals surface area contributed by atoms with Gasteiger partial charge >= 0.3 is 0 Å². The molecular formula is C22H18BrN3O5. The number of rotatable bonds is 4. The number of anilines is 2. The van der Waals surface area contributed by atoms with Crippen LogP contribution in [0, 0.1) is 11.8 Å². The van der Waals surface area contributed by atoms with E-state index in [-0.39, 0.29) is 18.7 Å². The van der Waals surface area contributed by atoms with Crippen molar-refractivity contribution in [2.24, 2.45) is 11.8 Å². The van der Waals surface area contributed by atoms with Crippen LogP contribution < -0.4 is 20.6 Å². The minimum atomic E-state index is -1.31. The van der Waals surface area contributed by atoms with Gasteiger partial charge < -0.3 is 20.5 Å². The van der Waals surface area contributed by atoms with Gasteiger partial charge in [-0.25, -0.2) is 4.90 Å². The molecule has 31 heavy (non-hydrogen) atoms. The molecule has 0 radical (unpaired) electrons. The fourth-order valence-electron chi connectivity index (χ4n) is 5.31. The van der Waals surface area contributed by atoms with E-state index in [1.54, 1.807) is 53.8 Å². The number of nitrogens with one attached hydrogen (secondary N) is 1. The van der Waals surface area contributed by atoms with Crippen molar-refractivity contribution < 1.29 is 29.6 Å². The average molecular weight is 484 g/mol. The number of aliphatic carboxylic acids is 1. The highest BCUT2D eigenvalue weighted by molar-refractivity contribution is 9.10. The molecule has 0 aliphatic carbocycles. The summed E-state index contributed by atoms with van der Waals surface area (Å²) in [6.07, 6.45) is -0.141. The van der Waals surface area contributed by atoms with E-state index in [2.05, 4.69) is 21.2 Å². The first-order valence-electron chi connectivity index (χ1n) is 9.95. The van der Waals surface area contributed by atoms with E-state index < -0.39 is 41.2 Å². The third kappa shape index (κ3) is 2.76. The summed E-state index contributed by atoms with van der Waals surface area (Å²) in [7, 11) is 0. The van der Waals surface area contributed by atoms with Crippen molar-refractivity contribution in [1.82, 2.24) is 0 Å². The molecule has 3 heterocycles. The molecule has 2 saturated heterocycles. The molecule has 2 aromatic carbocycles. The number of fused-ring (bicyclic) bond motifs is 4. The molecule has 2 aromatic rings. The van der Waals surface area contributed by atoms with Crippen LogP contribution in [0.4, 0.5) is 11.4 Å². The lowest BCUT2D eigenvalue weighted by Crippen LogP contribution is -2.99. The standard InChI is InChI=1S/C22H18BrN3O5/c23-11-5-7-12(8-6-11)26-19(29)17-15(9-10-16(27)28)25-22(18(17)20(26)30)13-3-1-2-4-14(13)24-21(22)31/h1-8,15,17-18,25H,9-10H2,(H,24,31)(H,27,28)/t15-,17-,18+,22-/m1/s1. The molecule has 0 aromatic heterocycles. The summed E-state index contributed by atoms with van der Waals surface area (Å²) >= 11 is 3.34. The Labute approximate surface area is 185 Å². The predicted octanol–water partition coefficient (Wildman–Crippen LogP) is -0.122. The van der Waals surface area contributed by atoms with Gasteiger partial charge in [0.15, 0.2) is 0 Å². The molecule has 4 atom stereocenters. The summed E-state index contributed by atoms with van der Waals surface area (Å²) in [6.45, 7) is 0. The van der Waals surface area contributed by atoms with E-state index >= 15 is 0 Å². The first-order chi connectivity index (χ1) is 14.8. The average Bonchev–Trinajstić information content (AvgIpc) is 3.32. The van der Waals surface area contributed by atoms with Crippen LogP contribution in [-0.2, 0) is 24.7 Å². The zero-order chi connectivity index (χ0) is 21.9. The molecule has 2 fully saturated rings. The van der Waals surface area contributed by atoms with E-state index in [1.807, 2.05) is 0 Å². The summed E-state index contributed by atoms with van der Waals surface area (Å²) in [6, 6.07) is 13.4. The summed E-state index contributed by atoms with van der Waals surface area (Å²) in [5.41, 5.74) is 0.359. The number of carbonyl (C=O) groups excluding carboxylic acids is 4. The zero-order valence-electron chi connectivity index (χ0n) is 16.2. The molecular weight excluding hydrogens is 466 g/mol. The molecule has 158 valence electrons. The van der Waals surface area contributed by atoms with Crippen LogP contribution in [0.25, 0.3) is 0 Å². The lowest BCUT2D eigenvalue weighted by molar-refractivity contribution is -0.733. The molecule has 8 nitrogen and oxygen atoms in total. The second-order valence-corrected chi connectivity index (χ2v) is 9.02. The van der Waals surface area contributed by atoms with Gasteiger partial charge in [0, 0.05) is 22.4 Å². The first-order valence-corrected chi connectivity index (χ1v) is 10.7. The Kier molecular flexibility index (Phi) is 4.49. The van der Waals surface area contributed by atoms with Crippen LogP contribution in [-0.4, -0.2) is 29.7 Å². The molecule has 1 spiro atoms. The van der Waals surface area contributed by atoms with Gasteiger partial charge in [0.05, 0.1) is 11.4 Å². The second-order valence-electron chi connectivity index (χ2n) is 8.10. The number of carboxylic acid groups (broad SMARTS) is 1. The Balaban J connectivity index is 1.64. The molecule has 3 N–H and O–H groups in total. The van der Waals surface area contributed by atoms with Crippen molar-refractivity contribution in [3.05, 3.63) is 58.6 Å². The largest absolute Gasteiger partial charge is 0.550 e. The Morgan fingerprint density at radius 3 is 2.52 bits per heavy atom. The summed E-state index contributed by atoms with van der Waals surface area (Å²) in [5.74, 6) is -4.20. The normalized spacial score (nSPS) is 28.7. The number of hydrogen-bond acceptors (Lipinski definition) is 5. The maximum atomic E-state index is 13.6. The van der Waals surface area contributed by atoms with Crippen LogP contribution in [0.3, 0.4) is 0 Å². The maximum absolute atomic E-state index is 13.6. The highest BCUT2D eigenvalue weighted by Crippen LogP contribution is 2.50. The second kappa shape index (κ2) is 7.00. The molecule has 0 bridgehead atoms. The predicted molar refractivity (Wildman–Crippen MR) is 110 cm³/mol. The van der Waals surface area contributed by atoms with E-state index in [0.29, 0.717) is 16.9 Å². The quantitative estimate of drug-likeness (QED) is 0.586. The van der Waals surface area contributed by atoms with Crippen LogP contribution in [0.2, 0.25) is 0 Å². The number of benzene rings is 2. The monoisotopic (exact) mass is 483 g/mol. The number of para-hydroxylation sites is 1. The number of nitrogens with two attached hydrogens (primary N) is 1. The topological polar surface area (TPSA) is 123 Å². The van der Waals surface area contributed by atoms with Crippen molar-refractivity contribution >= 4 is 51.0 Å². The third-order valence-corrected chi connectivity index (χ3v) is 7.07.